The quantitative estimate of drug-likeness (QED) is 0.0486. The fraction of sp³-hybridized carbons (Fsp3) is 0.610. The van der Waals surface area contributed by atoms with Crippen LogP contribution in [0.3, 0.4) is 0 Å². The van der Waals surface area contributed by atoms with E-state index in [9.17, 15) is 52.7 Å². The van der Waals surface area contributed by atoms with Gasteiger partial charge in [0.1, 0.15) is 39.5 Å². The Hall–Kier alpha value is -8.21. The molecule has 0 radical (unpaired) electrons. The molecule has 642 valence electrons. The van der Waals surface area contributed by atoms with E-state index in [0.29, 0.717) is 96.1 Å². The van der Waals surface area contributed by atoms with Gasteiger partial charge in [-0.2, -0.15) is 0 Å². The van der Waals surface area contributed by atoms with E-state index in [1.165, 1.54) is 49.3 Å². The molecule has 33 nitrogen and oxygen atoms in total. The Morgan fingerprint density at radius 2 is 0.767 bits per heavy atom. The summed E-state index contributed by atoms with van der Waals surface area (Å²) in [5, 5.41) is 11.6. The molecule has 0 unspecified atom stereocenters. The van der Waals surface area contributed by atoms with Gasteiger partial charge in [-0.1, -0.05) is 0 Å². The van der Waals surface area contributed by atoms with Crippen molar-refractivity contribution >= 4 is 46.9 Å². The Balaban J connectivity index is 0.000000172. The summed E-state index contributed by atoms with van der Waals surface area (Å²) in [7, 11) is 2.48. The number of carboxylic acids is 1. The van der Waals surface area contributed by atoms with Crippen LogP contribution in [0.1, 0.15) is 230 Å². The van der Waals surface area contributed by atoms with Crippen molar-refractivity contribution in [2.75, 3.05) is 91.3 Å². The van der Waals surface area contributed by atoms with Gasteiger partial charge in [-0.05, 0) is 146 Å². The first-order chi connectivity index (χ1) is 54.6. The largest absolute Gasteiger partial charge is 0.477 e. The molecule has 6 aliphatic carbocycles. The van der Waals surface area contributed by atoms with E-state index in [-0.39, 0.29) is 108 Å². The summed E-state index contributed by atoms with van der Waals surface area (Å²) in [5.74, 6) is -3.78. The number of aromatic carboxylic acids is 1. The molecule has 6 N–H and O–H groups in total. The number of Topliss-reactive ketones (excluding diaryl/α,β-unsaturated/α-hetero) is 2. The number of hydrogen-bond donors (Lipinski definition) is 4. The number of carboxylic acid groups (broad SMARTS) is 1. The molecule has 5 aromatic heterocycles. The van der Waals surface area contributed by atoms with E-state index < -0.39 is 58.1 Å². The van der Waals surface area contributed by atoms with E-state index in [1.54, 1.807) is 95.7 Å². The van der Waals surface area contributed by atoms with Gasteiger partial charge >= 0.3 is 29.6 Å². The Morgan fingerprint density at radius 1 is 0.440 bits per heavy atom. The van der Waals surface area contributed by atoms with Crippen molar-refractivity contribution in [3.63, 3.8) is 0 Å². The van der Waals surface area contributed by atoms with Crippen molar-refractivity contribution in [2.24, 2.45) is 5.73 Å². The number of methoxy groups -OCH3 is 2. The molecule has 5 aliphatic heterocycles. The molecule has 116 heavy (non-hydrogen) atoms. The summed E-state index contributed by atoms with van der Waals surface area (Å²) >= 11 is 0. The number of nitrogens with zero attached hydrogens (tertiary/aromatic N) is 4. The number of ether oxygens (including phenoxy) is 13. The number of nitrogens with two attached hydrogens (primary N) is 2. The standard InChI is InChI=1S/C18H26N2O5.C15H19NO5.C14H17NO5.C11H14N2O2.C8H15NO2.C8H12O3.C7H6O4.CH3.Pd/c1-17(2,3)25-16(22)19-14-5-4-10-20(15(14)21)13-6-8-18(9-7-13)23-11-12-24-18;1-19-14(18)12-3-2-8-16(13(12)17)11-4-6-15(7-5-11)20-9-10-21-15;16-12-11(13(17)18)2-1-7-15(12)10-3-5-14(6-4-10)19-8-9-20-14;12-10-2-1-7-13(11(10)15)8-3-5-9(14)6-4-8;2*9-7-1-3-8(4-2-7)10-5-6-11-8;1-10-6(8)5-3-2-4-11-7(5)9;;/h4-5,10,13H,6-9,11-12H2,1-3H3,(H,19,22);2-3,8,11H,4-7,9-10H2,1H3;1-2,7,10H,3-6,8-9H2,(H,17,18);1-2,7-8H,3-6,12H2;7H,1-6,9H2;1-6H2;2-4H,1H3;1H3;/q;;;;;;;-1;. The second-order valence-electron chi connectivity index (χ2n) is 30.7. The number of amides is 1. The molecular weight excluding hydrogens is 1610 g/mol. The van der Waals surface area contributed by atoms with Gasteiger partial charge in [-0.3, -0.25) is 34.1 Å². The van der Waals surface area contributed by atoms with Gasteiger partial charge in [0.05, 0.1) is 92.2 Å². The molecule has 6 saturated carbocycles. The average Bonchev–Trinajstić information content (AvgIpc) is 1.54. The number of carbonyl (C=O) groups excluding carboxylic acids is 5. The molecule has 10 heterocycles. The molecule has 1 amide bonds. The molecule has 5 aromatic rings. The van der Waals surface area contributed by atoms with E-state index in [1.807, 2.05) is 0 Å². The van der Waals surface area contributed by atoms with Gasteiger partial charge in [0, 0.05) is 165 Å². The first kappa shape index (κ1) is 93.3. The monoisotopic (exact) mass is 1720 g/mol. The van der Waals surface area contributed by atoms with Crippen LogP contribution in [0.25, 0.3) is 0 Å². The maximum absolute atomic E-state index is 12.7. The summed E-state index contributed by atoms with van der Waals surface area (Å²) in [4.78, 5) is 127. The molecule has 5 saturated heterocycles. The van der Waals surface area contributed by atoms with Crippen molar-refractivity contribution in [1.82, 2.24) is 18.3 Å². The third-order valence-corrected chi connectivity index (χ3v) is 22.0. The van der Waals surface area contributed by atoms with Crippen LogP contribution in [-0.4, -0.2) is 180 Å². The number of carbonyl (C=O) groups is 6. The number of aromatic nitrogens is 4. The predicted octanol–water partition coefficient (Wildman–Crippen LogP) is 9.44. The average molecular weight is 1720 g/mol. The molecule has 0 aromatic carbocycles. The van der Waals surface area contributed by atoms with Gasteiger partial charge in [-0.25, -0.2) is 24.0 Å². The van der Waals surface area contributed by atoms with Crippen LogP contribution in [0, 0.1) is 7.43 Å². The van der Waals surface area contributed by atoms with Crippen molar-refractivity contribution in [3.8, 4) is 0 Å². The van der Waals surface area contributed by atoms with Gasteiger partial charge in [-0.15, -0.1) is 0 Å². The third kappa shape index (κ3) is 25.2. The summed E-state index contributed by atoms with van der Waals surface area (Å²) in [6, 6.07) is 16.4. The number of hydrogen-bond acceptors (Lipinski definition) is 27. The fourth-order valence-corrected chi connectivity index (χ4v) is 15.9. The predicted molar refractivity (Wildman–Crippen MR) is 416 cm³/mol. The Morgan fingerprint density at radius 3 is 1.16 bits per heavy atom. The Labute approximate surface area is 686 Å². The fourth-order valence-electron chi connectivity index (χ4n) is 15.9. The SMILES string of the molecule is CC(C)(C)OC(=O)Nc1cccn(C2CCC3(CC2)OCCO3)c1=O.COC(=O)c1cccn(C2CCC3(CC2)OCCO3)c1=O.COC(=O)c1cccoc1=O.NC1CCC2(CC1)OCCO2.Nc1cccn(C2CCC(=O)CC2)c1=O.O=C(O)c1cccn(C2CCC3(CC2)OCCO3)c1=O.O=C1CCC2(CC1)OCCO2.[CH3-].[Pd]. The van der Waals surface area contributed by atoms with Crippen LogP contribution in [-0.2, 0) is 91.6 Å². The van der Waals surface area contributed by atoms with Crippen LogP contribution in [0.4, 0.5) is 16.2 Å². The number of nitrogen functional groups attached to an aromatic ring is 1. The molecule has 11 aliphatic rings. The van der Waals surface area contributed by atoms with Crippen LogP contribution in [0.2, 0.25) is 0 Å². The van der Waals surface area contributed by atoms with Crippen LogP contribution >= 0.6 is 0 Å². The zero-order valence-electron chi connectivity index (χ0n) is 67.0. The van der Waals surface area contributed by atoms with E-state index >= 15 is 0 Å². The first-order valence-corrected chi connectivity index (χ1v) is 39.4. The molecule has 16 rings (SSSR count). The molecular formula is C82H112N7O26Pd-. The summed E-state index contributed by atoms with van der Waals surface area (Å²) in [6.45, 7) is 12.0. The van der Waals surface area contributed by atoms with Crippen LogP contribution in [0.5, 0.6) is 0 Å². The minimum atomic E-state index is -1.18. The van der Waals surface area contributed by atoms with Gasteiger partial charge in [0.25, 0.3) is 22.2 Å². The number of anilines is 2. The van der Waals surface area contributed by atoms with Gasteiger partial charge in [0.2, 0.25) is 0 Å². The number of pyridine rings is 4. The third-order valence-electron chi connectivity index (χ3n) is 22.0. The topological polar surface area (TPSA) is 425 Å². The molecule has 11 fully saturated rings. The smallest absolute Gasteiger partial charge is 0.412 e. The molecule has 5 spiro atoms. The van der Waals surface area contributed by atoms with Gasteiger partial charge in [0.15, 0.2) is 28.9 Å². The van der Waals surface area contributed by atoms with Crippen molar-refractivity contribution in [3.05, 3.63) is 168 Å². The Kier molecular flexibility index (Phi) is 34.6. The van der Waals surface area contributed by atoms with Gasteiger partial charge < -0.3 is 108 Å². The van der Waals surface area contributed by atoms with E-state index in [0.717, 1.165) is 142 Å². The van der Waals surface area contributed by atoms with E-state index in [2.05, 4.69) is 19.2 Å². The molecule has 34 heteroatoms. The van der Waals surface area contributed by atoms with Crippen molar-refractivity contribution < 1.29 is 120 Å². The summed E-state index contributed by atoms with van der Waals surface area (Å²) < 4.78 is 81.3. The van der Waals surface area contributed by atoms with E-state index in [4.69, 9.17) is 68.7 Å². The first-order valence-electron chi connectivity index (χ1n) is 39.4. The maximum Gasteiger partial charge on any atom is 0.412 e. The van der Waals surface area contributed by atoms with Crippen molar-refractivity contribution in [2.45, 2.75) is 240 Å². The maximum atomic E-state index is 12.7. The van der Waals surface area contributed by atoms with Crippen molar-refractivity contribution in [1.29, 1.82) is 0 Å². The number of esters is 2. The number of ketones is 2. The zero-order valence-corrected chi connectivity index (χ0v) is 68.6. The summed E-state index contributed by atoms with van der Waals surface area (Å²) in [5.41, 5.74) is 9.25. The zero-order chi connectivity index (χ0) is 81.7. The van der Waals surface area contributed by atoms with Crippen LogP contribution in [0.15, 0.2) is 120 Å². The second-order valence-corrected chi connectivity index (χ2v) is 30.7. The normalized spacial score (nSPS) is 22.6. The number of nitrogens with one attached hydrogen (secondary N) is 1. The number of rotatable bonds is 8. The molecule has 0 bridgehead atoms. The second kappa shape index (κ2) is 43.0. The Bertz CT molecular complexity index is 4340. The minimum Gasteiger partial charge on any atom is -0.477 e. The minimum absolute atomic E-state index is 0. The summed E-state index contributed by atoms with van der Waals surface area (Å²) in [6.07, 6.45) is 26.2. The van der Waals surface area contributed by atoms with Crippen LogP contribution < -0.4 is 44.6 Å². The molecule has 0 atom stereocenters.